The molecule has 0 radical (unpaired) electrons. The van der Waals surface area contributed by atoms with E-state index in [9.17, 15) is 4.39 Å². The zero-order chi connectivity index (χ0) is 9.97. The van der Waals surface area contributed by atoms with Gasteiger partial charge in [0, 0.05) is 12.5 Å². The van der Waals surface area contributed by atoms with E-state index >= 15 is 0 Å². The van der Waals surface area contributed by atoms with Crippen LogP contribution < -0.4 is 4.74 Å². The van der Waals surface area contributed by atoms with E-state index in [1.165, 1.54) is 12.1 Å². The molecule has 0 amide bonds. The fraction of sp³-hybridized carbons (Fsp3) is 0.400. The third-order valence-corrected chi connectivity index (χ3v) is 2.39. The quantitative estimate of drug-likeness (QED) is 0.757. The Bertz CT molecular complexity index is 324. The highest BCUT2D eigenvalue weighted by Gasteiger charge is 2.17. The average Bonchev–Trinajstić information content (AvgIpc) is 2.64. The Morgan fingerprint density at radius 2 is 2.36 bits per heavy atom. The zero-order valence-corrected chi connectivity index (χ0v) is 8.26. The molecule has 1 saturated heterocycles. The van der Waals surface area contributed by atoms with Crippen LogP contribution in [0.25, 0.3) is 0 Å². The second kappa shape index (κ2) is 4.15. The molecule has 0 aliphatic carbocycles. The van der Waals surface area contributed by atoms with Crippen LogP contribution in [0.4, 0.5) is 4.39 Å². The van der Waals surface area contributed by atoms with Gasteiger partial charge in [-0.1, -0.05) is 11.6 Å². The van der Waals surface area contributed by atoms with Gasteiger partial charge in [-0.25, -0.2) is 4.39 Å². The van der Waals surface area contributed by atoms with Crippen LogP contribution in [0.15, 0.2) is 18.2 Å². The lowest BCUT2D eigenvalue weighted by molar-refractivity contribution is 0.141. The SMILES string of the molecule is Fc1cc(OC2CCOC2)ccc1Cl. The number of hydrogen-bond donors (Lipinski definition) is 0. The highest BCUT2D eigenvalue weighted by molar-refractivity contribution is 6.30. The Kier molecular flexibility index (Phi) is 2.89. The van der Waals surface area contributed by atoms with Crippen molar-refractivity contribution < 1.29 is 13.9 Å². The monoisotopic (exact) mass is 216 g/mol. The van der Waals surface area contributed by atoms with E-state index in [2.05, 4.69) is 0 Å². The smallest absolute Gasteiger partial charge is 0.145 e. The molecule has 0 aromatic heterocycles. The average molecular weight is 217 g/mol. The predicted molar refractivity (Wildman–Crippen MR) is 51.3 cm³/mol. The molecule has 1 fully saturated rings. The summed E-state index contributed by atoms with van der Waals surface area (Å²) in [7, 11) is 0. The van der Waals surface area contributed by atoms with Gasteiger partial charge >= 0.3 is 0 Å². The van der Waals surface area contributed by atoms with E-state index in [1.54, 1.807) is 6.07 Å². The normalized spacial score (nSPS) is 21.1. The summed E-state index contributed by atoms with van der Waals surface area (Å²) in [6.07, 6.45) is 0.889. The van der Waals surface area contributed by atoms with E-state index in [4.69, 9.17) is 21.1 Å². The molecule has 2 nitrogen and oxygen atoms in total. The molecule has 0 N–H and O–H groups in total. The predicted octanol–water partition coefficient (Wildman–Crippen LogP) is 2.65. The van der Waals surface area contributed by atoms with Crippen molar-refractivity contribution in [1.82, 2.24) is 0 Å². The van der Waals surface area contributed by atoms with Crippen molar-refractivity contribution in [3.8, 4) is 5.75 Å². The summed E-state index contributed by atoms with van der Waals surface area (Å²) in [4.78, 5) is 0. The van der Waals surface area contributed by atoms with E-state index in [0.717, 1.165) is 6.42 Å². The standard InChI is InChI=1S/C10H10ClFO2/c11-9-2-1-7(5-10(9)12)14-8-3-4-13-6-8/h1-2,5,8H,3-4,6H2. The van der Waals surface area contributed by atoms with Gasteiger partial charge in [0.15, 0.2) is 0 Å². The van der Waals surface area contributed by atoms with E-state index in [1.807, 2.05) is 0 Å². The molecule has 0 spiro atoms. The third-order valence-electron chi connectivity index (χ3n) is 2.08. The molecule has 0 bridgehead atoms. The van der Waals surface area contributed by atoms with Crippen LogP contribution in [0.2, 0.25) is 5.02 Å². The van der Waals surface area contributed by atoms with Crippen molar-refractivity contribution in [1.29, 1.82) is 0 Å². The van der Waals surface area contributed by atoms with Crippen LogP contribution in [0.3, 0.4) is 0 Å². The van der Waals surface area contributed by atoms with E-state index in [0.29, 0.717) is 19.0 Å². The molecule has 4 heteroatoms. The largest absolute Gasteiger partial charge is 0.488 e. The molecule has 1 aromatic carbocycles. The first-order chi connectivity index (χ1) is 6.75. The topological polar surface area (TPSA) is 18.5 Å². The summed E-state index contributed by atoms with van der Waals surface area (Å²) in [5, 5.41) is 0.111. The second-order valence-electron chi connectivity index (χ2n) is 3.18. The molecule has 1 unspecified atom stereocenters. The maximum atomic E-state index is 13.0. The third kappa shape index (κ3) is 2.16. The molecule has 1 heterocycles. The molecule has 1 aliphatic heterocycles. The summed E-state index contributed by atoms with van der Waals surface area (Å²) in [6.45, 7) is 1.28. The van der Waals surface area contributed by atoms with Gasteiger partial charge in [-0.3, -0.25) is 0 Å². The van der Waals surface area contributed by atoms with Gasteiger partial charge in [-0.2, -0.15) is 0 Å². The van der Waals surface area contributed by atoms with Crippen LogP contribution in [-0.2, 0) is 4.74 Å². The van der Waals surface area contributed by atoms with Crippen molar-refractivity contribution in [3.63, 3.8) is 0 Å². The van der Waals surface area contributed by atoms with Gasteiger partial charge in [-0.15, -0.1) is 0 Å². The van der Waals surface area contributed by atoms with Gasteiger partial charge in [0.2, 0.25) is 0 Å². The maximum Gasteiger partial charge on any atom is 0.145 e. The highest BCUT2D eigenvalue weighted by Crippen LogP contribution is 2.22. The summed E-state index contributed by atoms with van der Waals surface area (Å²) in [6, 6.07) is 4.44. The molecule has 1 aromatic rings. The fourth-order valence-corrected chi connectivity index (χ4v) is 1.47. The van der Waals surface area contributed by atoms with E-state index < -0.39 is 5.82 Å². The van der Waals surface area contributed by atoms with Crippen molar-refractivity contribution in [2.24, 2.45) is 0 Å². The molecular weight excluding hydrogens is 207 g/mol. The summed E-state index contributed by atoms with van der Waals surface area (Å²) < 4.78 is 23.6. The van der Waals surface area contributed by atoms with Crippen molar-refractivity contribution in [2.75, 3.05) is 13.2 Å². The molecule has 1 atom stereocenters. The zero-order valence-electron chi connectivity index (χ0n) is 7.50. The first-order valence-electron chi connectivity index (χ1n) is 4.45. The van der Waals surface area contributed by atoms with Gasteiger partial charge in [0.1, 0.15) is 17.7 Å². The van der Waals surface area contributed by atoms with E-state index in [-0.39, 0.29) is 11.1 Å². The van der Waals surface area contributed by atoms with Crippen LogP contribution in [0.5, 0.6) is 5.75 Å². The Morgan fingerprint density at radius 3 is 3.00 bits per heavy atom. The lowest BCUT2D eigenvalue weighted by atomic mass is 10.3. The molecule has 14 heavy (non-hydrogen) atoms. The van der Waals surface area contributed by atoms with Crippen LogP contribution >= 0.6 is 11.6 Å². The number of benzene rings is 1. The molecule has 76 valence electrons. The Labute approximate surface area is 86.6 Å². The Morgan fingerprint density at radius 1 is 1.50 bits per heavy atom. The minimum Gasteiger partial charge on any atom is -0.488 e. The molecule has 0 saturated carbocycles. The van der Waals surface area contributed by atoms with Crippen LogP contribution in [-0.4, -0.2) is 19.3 Å². The first-order valence-corrected chi connectivity index (χ1v) is 4.83. The molecular formula is C10H10ClFO2. The summed E-state index contributed by atoms with van der Waals surface area (Å²) >= 11 is 5.54. The number of ether oxygens (including phenoxy) is 2. The van der Waals surface area contributed by atoms with Gasteiger partial charge in [-0.05, 0) is 12.1 Å². The Balaban J connectivity index is 2.05. The number of halogens is 2. The first kappa shape index (κ1) is 9.74. The maximum absolute atomic E-state index is 13.0. The summed E-state index contributed by atoms with van der Waals surface area (Å²) in [5.74, 6) is 0.0467. The highest BCUT2D eigenvalue weighted by atomic mass is 35.5. The lowest BCUT2D eigenvalue weighted by Crippen LogP contribution is -2.15. The Hall–Kier alpha value is -0.800. The van der Waals surface area contributed by atoms with Crippen molar-refractivity contribution in [2.45, 2.75) is 12.5 Å². The minimum atomic E-state index is -0.455. The number of rotatable bonds is 2. The summed E-state index contributed by atoms with van der Waals surface area (Å²) in [5.41, 5.74) is 0. The van der Waals surface area contributed by atoms with Crippen LogP contribution in [0, 0.1) is 5.82 Å². The van der Waals surface area contributed by atoms with Gasteiger partial charge in [0.25, 0.3) is 0 Å². The lowest BCUT2D eigenvalue weighted by Gasteiger charge is -2.11. The molecule has 2 rings (SSSR count). The second-order valence-corrected chi connectivity index (χ2v) is 3.59. The van der Waals surface area contributed by atoms with Gasteiger partial charge < -0.3 is 9.47 Å². The van der Waals surface area contributed by atoms with Crippen LogP contribution in [0.1, 0.15) is 6.42 Å². The van der Waals surface area contributed by atoms with Crippen molar-refractivity contribution in [3.05, 3.63) is 29.0 Å². The molecule has 1 aliphatic rings. The van der Waals surface area contributed by atoms with Crippen molar-refractivity contribution >= 4 is 11.6 Å². The number of hydrogen-bond acceptors (Lipinski definition) is 2. The fourth-order valence-electron chi connectivity index (χ4n) is 1.35. The minimum absolute atomic E-state index is 0.0376. The van der Waals surface area contributed by atoms with Gasteiger partial charge in [0.05, 0.1) is 18.2 Å².